The minimum atomic E-state index is 0.382. The molecule has 4 heteroatoms. The summed E-state index contributed by atoms with van der Waals surface area (Å²) in [5.74, 6) is 0. The fraction of sp³-hybridized carbons (Fsp3) is 0.667. The second-order valence-corrected chi connectivity index (χ2v) is 3.69. The van der Waals surface area contributed by atoms with Gasteiger partial charge in [0.15, 0.2) is 0 Å². The van der Waals surface area contributed by atoms with Crippen molar-refractivity contribution in [1.29, 1.82) is 0 Å². The van der Waals surface area contributed by atoms with Gasteiger partial charge >= 0.3 is 0 Å². The summed E-state index contributed by atoms with van der Waals surface area (Å²) in [6.45, 7) is 6.61. The zero-order chi connectivity index (χ0) is 9.52. The van der Waals surface area contributed by atoms with E-state index in [-0.39, 0.29) is 0 Å². The second kappa shape index (κ2) is 6.07. The third-order valence-corrected chi connectivity index (χ3v) is 2.74. The zero-order valence-corrected chi connectivity index (χ0v) is 8.93. The molecule has 0 spiro atoms. The molecule has 1 rings (SSSR count). The third-order valence-electron chi connectivity index (χ3n) is 1.78. The molecule has 0 amide bonds. The highest BCUT2D eigenvalue weighted by Crippen LogP contribution is 2.15. The van der Waals surface area contributed by atoms with Crippen LogP contribution >= 0.6 is 11.3 Å². The second-order valence-electron chi connectivity index (χ2n) is 2.78. The smallest absolute Gasteiger partial charge is 0.0794 e. The van der Waals surface area contributed by atoms with Crippen molar-refractivity contribution in [1.82, 2.24) is 10.3 Å². The molecule has 0 saturated carbocycles. The summed E-state index contributed by atoms with van der Waals surface area (Å²) >= 11 is 1.68. The Morgan fingerprint density at radius 1 is 1.69 bits per heavy atom. The van der Waals surface area contributed by atoms with Crippen LogP contribution in [0.1, 0.15) is 24.8 Å². The van der Waals surface area contributed by atoms with Gasteiger partial charge in [-0.25, -0.2) is 0 Å². The largest absolute Gasteiger partial charge is 0.380 e. The van der Waals surface area contributed by atoms with Gasteiger partial charge in [0, 0.05) is 30.3 Å². The standard InChI is InChI=1S/C9H16N2OS/c1-3-12-5-4-11-8(2)9-6-10-7-13-9/h6-8,11H,3-5H2,1-2H3. The average molecular weight is 200 g/mol. The molecule has 0 aromatic carbocycles. The number of hydrogen-bond donors (Lipinski definition) is 1. The van der Waals surface area contributed by atoms with E-state index in [9.17, 15) is 0 Å². The number of thiazole rings is 1. The molecule has 0 radical (unpaired) electrons. The van der Waals surface area contributed by atoms with Crippen LogP contribution in [0.25, 0.3) is 0 Å². The summed E-state index contributed by atoms with van der Waals surface area (Å²) in [6.07, 6.45) is 1.91. The summed E-state index contributed by atoms with van der Waals surface area (Å²) in [5.41, 5.74) is 1.86. The number of hydrogen-bond acceptors (Lipinski definition) is 4. The van der Waals surface area contributed by atoms with Crippen molar-refractivity contribution >= 4 is 11.3 Å². The van der Waals surface area contributed by atoms with Gasteiger partial charge in [0.25, 0.3) is 0 Å². The predicted octanol–water partition coefficient (Wildman–Crippen LogP) is 1.83. The fourth-order valence-electron chi connectivity index (χ4n) is 1.03. The van der Waals surface area contributed by atoms with Gasteiger partial charge in [-0.05, 0) is 13.8 Å². The Morgan fingerprint density at radius 3 is 3.15 bits per heavy atom. The van der Waals surface area contributed by atoms with Crippen molar-refractivity contribution in [2.75, 3.05) is 19.8 Å². The summed E-state index contributed by atoms with van der Waals surface area (Å²) in [7, 11) is 0. The van der Waals surface area contributed by atoms with Gasteiger partial charge in [-0.15, -0.1) is 11.3 Å². The van der Waals surface area contributed by atoms with Crippen LogP contribution in [0.4, 0.5) is 0 Å². The molecule has 0 aliphatic carbocycles. The van der Waals surface area contributed by atoms with Gasteiger partial charge in [0.1, 0.15) is 0 Å². The molecular formula is C9H16N2OS. The number of nitrogens with zero attached hydrogens (tertiary/aromatic N) is 1. The maximum Gasteiger partial charge on any atom is 0.0794 e. The quantitative estimate of drug-likeness (QED) is 0.711. The zero-order valence-electron chi connectivity index (χ0n) is 8.12. The van der Waals surface area contributed by atoms with E-state index < -0.39 is 0 Å². The number of ether oxygens (including phenoxy) is 1. The fourth-order valence-corrected chi connectivity index (χ4v) is 1.68. The SMILES string of the molecule is CCOCCNC(C)c1cncs1. The highest BCUT2D eigenvalue weighted by Gasteiger charge is 2.04. The summed E-state index contributed by atoms with van der Waals surface area (Å²) < 4.78 is 5.23. The monoisotopic (exact) mass is 200 g/mol. The van der Waals surface area contributed by atoms with E-state index in [1.165, 1.54) is 4.88 Å². The van der Waals surface area contributed by atoms with Crippen LogP contribution in [0.3, 0.4) is 0 Å². The lowest BCUT2D eigenvalue weighted by molar-refractivity contribution is 0.147. The van der Waals surface area contributed by atoms with Crippen molar-refractivity contribution in [2.24, 2.45) is 0 Å². The third kappa shape index (κ3) is 3.85. The highest BCUT2D eigenvalue weighted by molar-refractivity contribution is 7.09. The van der Waals surface area contributed by atoms with E-state index in [0.717, 1.165) is 19.8 Å². The highest BCUT2D eigenvalue weighted by atomic mass is 32.1. The van der Waals surface area contributed by atoms with Crippen LogP contribution in [0.15, 0.2) is 11.7 Å². The van der Waals surface area contributed by atoms with E-state index in [2.05, 4.69) is 17.2 Å². The molecule has 74 valence electrons. The number of nitrogens with one attached hydrogen (secondary N) is 1. The normalized spacial score (nSPS) is 13.1. The van der Waals surface area contributed by atoms with E-state index in [0.29, 0.717) is 6.04 Å². The topological polar surface area (TPSA) is 34.1 Å². The van der Waals surface area contributed by atoms with Crippen LogP contribution in [0.5, 0.6) is 0 Å². The molecule has 0 aliphatic rings. The first-order valence-corrected chi connectivity index (χ1v) is 5.42. The molecule has 1 atom stereocenters. The van der Waals surface area contributed by atoms with Crippen molar-refractivity contribution < 1.29 is 4.74 Å². The molecule has 13 heavy (non-hydrogen) atoms. The molecule has 3 nitrogen and oxygen atoms in total. The first-order chi connectivity index (χ1) is 6.34. The lowest BCUT2D eigenvalue weighted by Crippen LogP contribution is -2.22. The predicted molar refractivity (Wildman–Crippen MR) is 55.0 cm³/mol. The van der Waals surface area contributed by atoms with Gasteiger partial charge < -0.3 is 10.1 Å². The average Bonchev–Trinajstić information content (AvgIpc) is 2.65. The summed E-state index contributed by atoms with van der Waals surface area (Å²) in [6, 6.07) is 0.382. The molecule has 0 aliphatic heterocycles. The Morgan fingerprint density at radius 2 is 2.54 bits per heavy atom. The molecule has 0 saturated heterocycles. The number of aromatic nitrogens is 1. The Labute approximate surface area is 83.1 Å². The lowest BCUT2D eigenvalue weighted by atomic mass is 10.3. The van der Waals surface area contributed by atoms with Crippen LogP contribution < -0.4 is 5.32 Å². The van der Waals surface area contributed by atoms with E-state index in [4.69, 9.17) is 4.74 Å². The maximum atomic E-state index is 5.23. The molecule has 1 heterocycles. The van der Waals surface area contributed by atoms with Gasteiger partial charge in [0.05, 0.1) is 12.1 Å². The molecule has 1 aromatic rings. The lowest BCUT2D eigenvalue weighted by Gasteiger charge is -2.10. The van der Waals surface area contributed by atoms with Crippen molar-refractivity contribution in [3.8, 4) is 0 Å². The molecular weight excluding hydrogens is 184 g/mol. The minimum Gasteiger partial charge on any atom is -0.380 e. The van der Waals surface area contributed by atoms with E-state index in [1.807, 2.05) is 18.6 Å². The van der Waals surface area contributed by atoms with Crippen LogP contribution in [0, 0.1) is 0 Å². The van der Waals surface area contributed by atoms with Crippen LogP contribution in [-0.4, -0.2) is 24.7 Å². The van der Waals surface area contributed by atoms with Gasteiger partial charge in [-0.3, -0.25) is 4.98 Å². The molecule has 1 unspecified atom stereocenters. The molecule has 0 fully saturated rings. The van der Waals surface area contributed by atoms with Crippen molar-refractivity contribution in [3.63, 3.8) is 0 Å². The van der Waals surface area contributed by atoms with E-state index in [1.54, 1.807) is 11.3 Å². The van der Waals surface area contributed by atoms with Gasteiger partial charge in [-0.1, -0.05) is 0 Å². The maximum absolute atomic E-state index is 5.23. The summed E-state index contributed by atoms with van der Waals surface area (Å²) in [4.78, 5) is 5.31. The minimum absolute atomic E-state index is 0.382. The van der Waals surface area contributed by atoms with Crippen LogP contribution in [-0.2, 0) is 4.74 Å². The first-order valence-electron chi connectivity index (χ1n) is 4.54. The Bertz CT molecular complexity index is 213. The summed E-state index contributed by atoms with van der Waals surface area (Å²) in [5, 5.41) is 3.37. The van der Waals surface area contributed by atoms with E-state index >= 15 is 0 Å². The molecule has 1 aromatic heterocycles. The Balaban J connectivity index is 2.15. The van der Waals surface area contributed by atoms with Gasteiger partial charge in [0.2, 0.25) is 0 Å². The molecule has 0 bridgehead atoms. The van der Waals surface area contributed by atoms with Crippen molar-refractivity contribution in [2.45, 2.75) is 19.9 Å². The van der Waals surface area contributed by atoms with Gasteiger partial charge in [-0.2, -0.15) is 0 Å². The Hall–Kier alpha value is -0.450. The van der Waals surface area contributed by atoms with Crippen LogP contribution in [0.2, 0.25) is 0 Å². The Kier molecular flexibility index (Phi) is 4.97. The van der Waals surface area contributed by atoms with Crippen molar-refractivity contribution in [3.05, 3.63) is 16.6 Å². The first kappa shape index (κ1) is 10.6. The number of rotatable bonds is 6. The molecule has 1 N–H and O–H groups in total.